The number of hydrogen-bond donors (Lipinski definition) is 1. The lowest BCUT2D eigenvalue weighted by molar-refractivity contribution is 0.494. The Morgan fingerprint density at radius 3 is 2.50 bits per heavy atom. The van der Waals surface area contributed by atoms with Crippen molar-refractivity contribution in [3.8, 4) is 11.5 Å². The molecule has 0 aliphatic heterocycles. The number of anilines is 1. The van der Waals surface area contributed by atoms with Crippen LogP contribution in [0.3, 0.4) is 0 Å². The van der Waals surface area contributed by atoms with Crippen molar-refractivity contribution >= 4 is 17.3 Å². The highest BCUT2D eigenvalue weighted by molar-refractivity contribution is 6.33. The normalized spacial score (nSPS) is 14.2. The molecule has 5 rings (SSSR count). The topological polar surface area (TPSA) is 51.0 Å². The number of fused-ring (bicyclic) bond motifs is 1. The van der Waals surface area contributed by atoms with Crippen LogP contribution in [0.2, 0.25) is 5.02 Å². The molecule has 0 amide bonds. The van der Waals surface area contributed by atoms with Gasteiger partial charge >= 0.3 is 0 Å². The Bertz CT molecular complexity index is 1160. The van der Waals surface area contributed by atoms with Crippen LogP contribution in [0, 0.1) is 0 Å². The quantitative estimate of drug-likeness (QED) is 0.405. The molecular weight excluding hydrogens is 394 g/mol. The molecule has 0 spiro atoms. The highest BCUT2D eigenvalue weighted by Crippen LogP contribution is 2.34. The SMILES string of the molecule is Clc1ccccc1-c1nnc(C(Nc2cccc3c2CCCC3)c2ccccc2)o1. The zero-order valence-corrected chi connectivity index (χ0v) is 17.3. The maximum Gasteiger partial charge on any atom is 0.249 e. The largest absolute Gasteiger partial charge is 0.418 e. The molecule has 0 fully saturated rings. The number of benzene rings is 3. The van der Waals surface area contributed by atoms with E-state index in [1.807, 2.05) is 42.5 Å². The summed E-state index contributed by atoms with van der Waals surface area (Å²) in [5.74, 6) is 0.943. The van der Waals surface area contributed by atoms with E-state index in [1.54, 1.807) is 0 Å². The van der Waals surface area contributed by atoms with Gasteiger partial charge in [0.1, 0.15) is 6.04 Å². The third-order valence-electron chi connectivity index (χ3n) is 5.62. The van der Waals surface area contributed by atoms with E-state index < -0.39 is 0 Å². The first-order chi connectivity index (χ1) is 14.8. The predicted molar refractivity (Wildman–Crippen MR) is 120 cm³/mol. The van der Waals surface area contributed by atoms with Crippen LogP contribution in [0.15, 0.2) is 77.2 Å². The van der Waals surface area contributed by atoms with Crippen molar-refractivity contribution in [1.29, 1.82) is 0 Å². The first kappa shape index (κ1) is 18.9. The van der Waals surface area contributed by atoms with E-state index in [2.05, 4.69) is 45.8 Å². The lowest BCUT2D eigenvalue weighted by Crippen LogP contribution is -2.16. The number of rotatable bonds is 5. The average molecular weight is 416 g/mol. The first-order valence-corrected chi connectivity index (χ1v) is 10.7. The van der Waals surface area contributed by atoms with Crippen molar-refractivity contribution in [3.05, 3.63) is 100 Å². The van der Waals surface area contributed by atoms with Crippen molar-refractivity contribution < 1.29 is 4.42 Å². The third kappa shape index (κ3) is 3.71. The summed E-state index contributed by atoms with van der Waals surface area (Å²) in [7, 11) is 0. The third-order valence-corrected chi connectivity index (χ3v) is 5.95. The summed E-state index contributed by atoms with van der Waals surface area (Å²) in [6.45, 7) is 0. The Morgan fingerprint density at radius 2 is 1.63 bits per heavy atom. The van der Waals surface area contributed by atoms with E-state index in [0.29, 0.717) is 16.8 Å². The molecule has 1 heterocycles. The van der Waals surface area contributed by atoms with Crippen molar-refractivity contribution in [2.24, 2.45) is 0 Å². The summed E-state index contributed by atoms with van der Waals surface area (Å²) in [4.78, 5) is 0. The van der Waals surface area contributed by atoms with Gasteiger partial charge < -0.3 is 9.73 Å². The smallest absolute Gasteiger partial charge is 0.249 e. The van der Waals surface area contributed by atoms with Crippen molar-refractivity contribution in [2.75, 3.05) is 5.32 Å². The molecular formula is C25H22ClN3O. The maximum absolute atomic E-state index is 6.33. The van der Waals surface area contributed by atoms with Gasteiger partial charge in [-0.2, -0.15) is 0 Å². The van der Waals surface area contributed by atoms with Crippen LogP contribution < -0.4 is 5.32 Å². The second kappa shape index (κ2) is 8.33. The molecule has 150 valence electrons. The van der Waals surface area contributed by atoms with Gasteiger partial charge in [0, 0.05) is 5.69 Å². The fourth-order valence-electron chi connectivity index (χ4n) is 4.10. The Morgan fingerprint density at radius 1 is 0.833 bits per heavy atom. The summed E-state index contributed by atoms with van der Waals surface area (Å²) in [5, 5.41) is 12.9. The summed E-state index contributed by atoms with van der Waals surface area (Å²) >= 11 is 6.33. The maximum atomic E-state index is 6.33. The van der Waals surface area contributed by atoms with Gasteiger partial charge in [0.2, 0.25) is 11.8 Å². The van der Waals surface area contributed by atoms with Crippen LogP contribution in [0.1, 0.15) is 41.5 Å². The molecule has 3 aromatic carbocycles. The van der Waals surface area contributed by atoms with Gasteiger partial charge in [-0.1, -0.05) is 66.2 Å². The van der Waals surface area contributed by atoms with Gasteiger partial charge in [-0.3, -0.25) is 0 Å². The highest BCUT2D eigenvalue weighted by atomic mass is 35.5. The van der Waals surface area contributed by atoms with E-state index in [0.717, 1.165) is 29.7 Å². The zero-order valence-electron chi connectivity index (χ0n) is 16.5. The molecule has 0 saturated carbocycles. The second-order valence-corrected chi connectivity index (χ2v) is 7.97. The van der Waals surface area contributed by atoms with Crippen LogP contribution >= 0.6 is 11.6 Å². The Labute approximate surface area is 180 Å². The molecule has 30 heavy (non-hydrogen) atoms. The Hall–Kier alpha value is -3.11. The van der Waals surface area contributed by atoms with E-state index in [4.69, 9.17) is 16.0 Å². The molecule has 1 N–H and O–H groups in total. The fraction of sp³-hybridized carbons (Fsp3) is 0.200. The molecule has 0 saturated heterocycles. The van der Waals surface area contributed by atoms with Gasteiger partial charge in [-0.15, -0.1) is 10.2 Å². The summed E-state index contributed by atoms with van der Waals surface area (Å²) in [6, 6.07) is 24.0. The molecule has 1 atom stereocenters. The molecule has 5 heteroatoms. The van der Waals surface area contributed by atoms with E-state index >= 15 is 0 Å². The van der Waals surface area contributed by atoms with Crippen LogP contribution in [-0.2, 0) is 12.8 Å². The molecule has 1 aliphatic carbocycles. The predicted octanol–water partition coefficient (Wildman–Crippen LogP) is 6.47. The standard InChI is InChI=1S/C25H22ClN3O/c26-21-15-7-6-14-20(21)24-28-29-25(30-24)23(18-10-2-1-3-11-18)27-22-16-8-12-17-9-4-5-13-19(17)22/h1-3,6-8,10-12,14-16,23,27H,4-5,9,13H2. The van der Waals surface area contributed by atoms with Crippen LogP contribution in [0.25, 0.3) is 11.5 Å². The van der Waals surface area contributed by atoms with Gasteiger partial charge in [0.15, 0.2) is 0 Å². The fourth-order valence-corrected chi connectivity index (χ4v) is 4.32. The summed E-state index contributed by atoms with van der Waals surface area (Å²) in [5.41, 5.74) is 5.77. The minimum atomic E-state index is -0.247. The van der Waals surface area contributed by atoms with E-state index in [-0.39, 0.29) is 6.04 Å². The van der Waals surface area contributed by atoms with Gasteiger partial charge in [-0.05, 0) is 60.6 Å². The van der Waals surface area contributed by atoms with Gasteiger partial charge in [0.05, 0.1) is 10.6 Å². The number of aryl methyl sites for hydroxylation is 1. The highest BCUT2D eigenvalue weighted by Gasteiger charge is 2.24. The first-order valence-electron chi connectivity index (χ1n) is 10.3. The average Bonchev–Trinajstić information content (AvgIpc) is 3.28. The van der Waals surface area contributed by atoms with E-state index in [1.165, 1.54) is 24.0 Å². The molecule has 1 aliphatic rings. The number of nitrogens with one attached hydrogen (secondary N) is 1. The monoisotopic (exact) mass is 415 g/mol. The van der Waals surface area contributed by atoms with Crippen molar-refractivity contribution in [3.63, 3.8) is 0 Å². The molecule has 0 radical (unpaired) electrons. The van der Waals surface area contributed by atoms with E-state index in [9.17, 15) is 0 Å². The summed E-state index contributed by atoms with van der Waals surface area (Å²) in [6.07, 6.45) is 4.70. The van der Waals surface area contributed by atoms with Crippen molar-refractivity contribution in [2.45, 2.75) is 31.7 Å². The Balaban J connectivity index is 1.54. The van der Waals surface area contributed by atoms with Gasteiger partial charge in [-0.25, -0.2) is 0 Å². The lowest BCUT2D eigenvalue weighted by atomic mass is 9.90. The molecule has 1 aromatic heterocycles. The van der Waals surface area contributed by atoms with Crippen molar-refractivity contribution in [1.82, 2.24) is 10.2 Å². The van der Waals surface area contributed by atoms with Crippen LogP contribution in [-0.4, -0.2) is 10.2 Å². The number of aromatic nitrogens is 2. The summed E-state index contributed by atoms with van der Waals surface area (Å²) < 4.78 is 6.11. The number of hydrogen-bond acceptors (Lipinski definition) is 4. The minimum absolute atomic E-state index is 0.247. The number of halogens is 1. The minimum Gasteiger partial charge on any atom is -0.418 e. The Kier molecular flexibility index (Phi) is 5.24. The number of nitrogens with zero attached hydrogens (tertiary/aromatic N) is 2. The molecule has 4 aromatic rings. The lowest BCUT2D eigenvalue weighted by Gasteiger charge is -2.23. The van der Waals surface area contributed by atoms with Crippen LogP contribution in [0.4, 0.5) is 5.69 Å². The zero-order chi connectivity index (χ0) is 20.3. The molecule has 0 bridgehead atoms. The van der Waals surface area contributed by atoms with Gasteiger partial charge in [0.25, 0.3) is 0 Å². The van der Waals surface area contributed by atoms with Crippen LogP contribution in [0.5, 0.6) is 0 Å². The molecule has 4 nitrogen and oxygen atoms in total. The molecule has 1 unspecified atom stereocenters. The second-order valence-electron chi connectivity index (χ2n) is 7.56.